The number of anilines is 1. The van der Waals surface area contributed by atoms with Crippen LogP contribution in [0.4, 0.5) is 5.69 Å². The lowest BCUT2D eigenvalue weighted by molar-refractivity contribution is -0.144. The summed E-state index contributed by atoms with van der Waals surface area (Å²) in [6, 6.07) is 14.3. The number of aromatic nitrogens is 4. The van der Waals surface area contributed by atoms with Gasteiger partial charge in [-0.05, 0) is 49.6 Å². The molecule has 1 unspecified atom stereocenters. The maximum absolute atomic E-state index is 13.6. The first-order valence-electron chi connectivity index (χ1n) is 12.9. The number of pyridine rings is 1. The van der Waals surface area contributed by atoms with E-state index in [0.29, 0.717) is 17.9 Å². The zero-order valence-electron chi connectivity index (χ0n) is 20.7. The number of hydrogen-bond donors (Lipinski definition) is 0. The molecular formula is C27H33N7O2. The van der Waals surface area contributed by atoms with Crippen LogP contribution in [-0.2, 0) is 11.3 Å². The van der Waals surface area contributed by atoms with E-state index in [4.69, 9.17) is 4.74 Å². The number of piperidine rings is 3. The monoisotopic (exact) mass is 487 g/mol. The predicted molar refractivity (Wildman–Crippen MR) is 137 cm³/mol. The van der Waals surface area contributed by atoms with Crippen LogP contribution in [0.15, 0.2) is 54.9 Å². The smallest absolute Gasteiger partial charge is 0.227 e. The minimum absolute atomic E-state index is 0.104. The SMILES string of the molecule is COc1ccccc1N1CCN(C(=O)[C@@H]2CN3CC[C@@H]2C[C@@H]3Cn2cc(-c3ccccn3)nn2)CC1. The lowest BCUT2D eigenvalue weighted by Gasteiger charge is -2.50. The summed E-state index contributed by atoms with van der Waals surface area (Å²) in [6.07, 6.45) is 5.90. The Balaban J connectivity index is 1.05. The minimum atomic E-state index is 0.104. The Morgan fingerprint density at radius 2 is 1.86 bits per heavy atom. The second-order valence-electron chi connectivity index (χ2n) is 10.1. The molecule has 4 atom stereocenters. The van der Waals surface area contributed by atoms with Crippen LogP contribution in [0, 0.1) is 11.8 Å². The number of hydrogen-bond acceptors (Lipinski definition) is 7. The van der Waals surface area contributed by atoms with E-state index in [9.17, 15) is 4.79 Å². The van der Waals surface area contributed by atoms with Crippen LogP contribution in [0.3, 0.4) is 0 Å². The Bertz CT molecular complexity index is 1190. The summed E-state index contributed by atoms with van der Waals surface area (Å²) in [4.78, 5) is 24.8. The molecule has 4 fully saturated rings. The van der Waals surface area contributed by atoms with Gasteiger partial charge in [0.2, 0.25) is 5.91 Å². The fourth-order valence-electron chi connectivity index (χ4n) is 6.14. The van der Waals surface area contributed by atoms with Crippen LogP contribution in [-0.4, -0.2) is 88.1 Å². The number of fused-ring (bicyclic) bond motifs is 3. The standard InChI is InChI=1S/C27H33N7O2/c1-36-26-8-3-2-7-25(26)31-12-14-32(15-13-31)27(35)22-18-33-11-9-20(22)16-21(33)17-34-19-24(29-30-34)23-6-4-5-10-28-23/h2-8,10,19-22H,9,11-18H2,1H3/t20-,21-,22-/m1/s1. The topological polar surface area (TPSA) is 79.6 Å². The predicted octanol–water partition coefficient (Wildman–Crippen LogP) is 2.41. The highest BCUT2D eigenvalue weighted by atomic mass is 16.5. The van der Waals surface area contributed by atoms with Crippen molar-refractivity contribution in [2.75, 3.05) is 51.3 Å². The van der Waals surface area contributed by atoms with Gasteiger partial charge in [0.05, 0.1) is 37.2 Å². The van der Waals surface area contributed by atoms with Crippen LogP contribution >= 0.6 is 0 Å². The van der Waals surface area contributed by atoms with Crippen molar-refractivity contribution in [3.63, 3.8) is 0 Å². The molecule has 0 N–H and O–H groups in total. The summed E-state index contributed by atoms with van der Waals surface area (Å²) in [6.45, 7) is 5.90. The van der Waals surface area contributed by atoms with Crippen molar-refractivity contribution >= 4 is 11.6 Å². The van der Waals surface area contributed by atoms with Gasteiger partial charge in [0.25, 0.3) is 0 Å². The molecule has 3 aromatic rings. The number of piperazine rings is 1. The molecule has 4 saturated heterocycles. The van der Waals surface area contributed by atoms with Crippen molar-refractivity contribution in [2.24, 2.45) is 11.8 Å². The Hall–Kier alpha value is -3.46. The van der Waals surface area contributed by atoms with Gasteiger partial charge in [0.1, 0.15) is 11.4 Å². The van der Waals surface area contributed by atoms with Gasteiger partial charge in [-0.1, -0.05) is 23.4 Å². The maximum atomic E-state index is 13.6. The molecular weight excluding hydrogens is 454 g/mol. The minimum Gasteiger partial charge on any atom is -0.495 e. The Morgan fingerprint density at radius 1 is 1.03 bits per heavy atom. The largest absolute Gasteiger partial charge is 0.495 e. The zero-order valence-corrected chi connectivity index (χ0v) is 20.7. The van der Waals surface area contributed by atoms with Gasteiger partial charge in [0.15, 0.2) is 0 Å². The van der Waals surface area contributed by atoms with E-state index in [1.807, 2.05) is 47.3 Å². The third-order valence-electron chi connectivity index (χ3n) is 8.08. The average molecular weight is 488 g/mol. The van der Waals surface area contributed by atoms with E-state index in [1.165, 1.54) is 0 Å². The highest BCUT2D eigenvalue weighted by molar-refractivity contribution is 5.80. The normalized spacial score (nSPS) is 25.7. The Kier molecular flexibility index (Phi) is 6.31. The Labute approximate surface area is 211 Å². The third kappa shape index (κ3) is 4.43. The molecule has 1 amide bonds. The Morgan fingerprint density at radius 3 is 2.61 bits per heavy atom. The number of ether oxygens (including phenoxy) is 1. The van der Waals surface area contributed by atoms with E-state index in [1.54, 1.807) is 13.3 Å². The molecule has 4 aliphatic rings. The van der Waals surface area contributed by atoms with Gasteiger partial charge in [0, 0.05) is 45.0 Å². The molecule has 0 saturated carbocycles. The molecule has 0 radical (unpaired) electrons. The van der Waals surface area contributed by atoms with E-state index >= 15 is 0 Å². The first-order valence-corrected chi connectivity index (χ1v) is 12.9. The molecule has 4 aliphatic heterocycles. The van der Waals surface area contributed by atoms with Crippen LogP contribution < -0.4 is 9.64 Å². The first-order chi connectivity index (χ1) is 17.7. The van der Waals surface area contributed by atoms with Crippen LogP contribution in [0.5, 0.6) is 5.75 Å². The molecule has 0 aliphatic carbocycles. The van der Waals surface area contributed by atoms with E-state index in [2.05, 4.69) is 36.1 Å². The summed E-state index contributed by atoms with van der Waals surface area (Å²) in [5, 5.41) is 8.67. The highest BCUT2D eigenvalue weighted by Crippen LogP contribution is 2.38. The maximum Gasteiger partial charge on any atom is 0.227 e. The number of para-hydroxylation sites is 2. The molecule has 9 nitrogen and oxygen atoms in total. The van der Waals surface area contributed by atoms with Crippen LogP contribution in [0.1, 0.15) is 12.8 Å². The third-order valence-corrected chi connectivity index (χ3v) is 8.08. The van der Waals surface area contributed by atoms with Crippen molar-refractivity contribution in [2.45, 2.75) is 25.4 Å². The zero-order chi connectivity index (χ0) is 24.5. The molecule has 1 aromatic carbocycles. The summed E-state index contributed by atoms with van der Waals surface area (Å²) < 4.78 is 7.47. The number of benzene rings is 1. The molecule has 2 aromatic heterocycles. The van der Waals surface area contributed by atoms with E-state index < -0.39 is 0 Å². The van der Waals surface area contributed by atoms with Gasteiger partial charge >= 0.3 is 0 Å². The summed E-state index contributed by atoms with van der Waals surface area (Å²) in [5.74, 6) is 1.77. The highest BCUT2D eigenvalue weighted by Gasteiger charge is 2.44. The van der Waals surface area contributed by atoms with Gasteiger partial charge < -0.3 is 14.5 Å². The number of nitrogens with zero attached hydrogens (tertiary/aromatic N) is 7. The fraction of sp³-hybridized carbons (Fsp3) is 0.481. The molecule has 36 heavy (non-hydrogen) atoms. The number of carbonyl (C=O) groups excluding carboxylic acids is 1. The van der Waals surface area contributed by atoms with Gasteiger partial charge in [-0.25, -0.2) is 0 Å². The van der Waals surface area contributed by atoms with Gasteiger partial charge in [-0.2, -0.15) is 0 Å². The van der Waals surface area contributed by atoms with Crippen molar-refractivity contribution < 1.29 is 9.53 Å². The van der Waals surface area contributed by atoms with Crippen LogP contribution in [0.2, 0.25) is 0 Å². The molecule has 0 spiro atoms. The summed E-state index contributed by atoms with van der Waals surface area (Å²) >= 11 is 0. The van der Waals surface area contributed by atoms with Crippen molar-refractivity contribution in [1.29, 1.82) is 0 Å². The summed E-state index contributed by atoms with van der Waals surface area (Å²) in [5.41, 5.74) is 2.75. The molecule has 188 valence electrons. The second kappa shape index (κ2) is 9.89. The quantitative estimate of drug-likeness (QED) is 0.528. The molecule has 6 heterocycles. The average Bonchev–Trinajstić information content (AvgIpc) is 3.42. The number of amides is 1. The van der Waals surface area contributed by atoms with Gasteiger partial charge in [-0.3, -0.25) is 19.4 Å². The van der Waals surface area contributed by atoms with Gasteiger partial charge in [-0.15, -0.1) is 5.10 Å². The van der Waals surface area contributed by atoms with Crippen molar-refractivity contribution in [3.8, 4) is 17.1 Å². The second-order valence-corrected chi connectivity index (χ2v) is 10.1. The number of carbonyl (C=O) groups is 1. The summed E-state index contributed by atoms with van der Waals surface area (Å²) in [7, 11) is 1.71. The lowest BCUT2D eigenvalue weighted by Crippen LogP contribution is -2.60. The number of methoxy groups -OCH3 is 1. The molecule has 7 rings (SSSR count). The van der Waals surface area contributed by atoms with E-state index in [-0.39, 0.29) is 5.92 Å². The molecule has 2 bridgehead atoms. The lowest BCUT2D eigenvalue weighted by atomic mass is 9.75. The van der Waals surface area contributed by atoms with Crippen molar-refractivity contribution in [3.05, 3.63) is 54.9 Å². The molecule has 9 heteroatoms. The van der Waals surface area contributed by atoms with Crippen molar-refractivity contribution in [1.82, 2.24) is 29.8 Å². The van der Waals surface area contributed by atoms with E-state index in [0.717, 1.165) is 81.5 Å². The van der Waals surface area contributed by atoms with Crippen LogP contribution in [0.25, 0.3) is 11.4 Å². The first kappa shape index (κ1) is 23.0. The fourth-order valence-corrected chi connectivity index (χ4v) is 6.14. The number of rotatable bonds is 6.